The molecule has 0 aliphatic rings. The third kappa shape index (κ3) is 2.13. The predicted octanol–water partition coefficient (Wildman–Crippen LogP) is 1.46. The third-order valence-corrected chi connectivity index (χ3v) is 2.25. The largest absolute Gasteiger partial charge is 0.313 e. The second kappa shape index (κ2) is 3.64. The molecular formula is C8H11NOS. The Kier molecular flexibility index (Phi) is 2.79. The highest BCUT2D eigenvalue weighted by Crippen LogP contribution is 2.12. The Morgan fingerprint density at radius 1 is 1.73 bits per heavy atom. The van der Waals surface area contributed by atoms with Crippen molar-refractivity contribution in [1.82, 2.24) is 5.32 Å². The molecule has 0 aliphatic heterocycles. The molecule has 0 atom stereocenters. The lowest BCUT2D eigenvalue weighted by Crippen LogP contribution is -2.17. The highest BCUT2D eigenvalue weighted by molar-refractivity contribution is 7.10. The molecule has 0 fully saturated rings. The van der Waals surface area contributed by atoms with E-state index in [4.69, 9.17) is 0 Å². The van der Waals surface area contributed by atoms with E-state index in [2.05, 4.69) is 5.32 Å². The molecular weight excluding hydrogens is 158 g/mol. The standard InChI is InChI=1S/C8H11NOS/c1-6-3-7(5-11-6)8(10)4-9-2/h3,5,9H,4H2,1-2H3. The molecule has 0 aliphatic carbocycles. The first-order valence-electron chi connectivity index (χ1n) is 3.47. The number of aryl methyl sites for hydroxylation is 1. The van der Waals surface area contributed by atoms with Gasteiger partial charge in [-0.3, -0.25) is 4.79 Å². The number of likely N-dealkylation sites (N-methyl/N-ethyl adjacent to an activating group) is 1. The van der Waals surface area contributed by atoms with Gasteiger partial charge in [-0.2, -0.15) is 0 Å². The summed E-state index contributed by atoms with van der Waals surface area (Å²) in [5, 5.41) is 4.73. The topological polar surface area (TPSA) is 29.1 Å². The van der Waals surface area contributed by atoms with Gasteiger partial charge in [-0.25, -0.2) is 0 Å². The molecule has 0 saturated heterocycles. The number of carbonyl (C=O) groups excluding carboxylic acids is 1. The smallest absolute Gasteiger partial charge is 0.177 e. The van der Waals surface area contributed by atoms with Crippen molar-refractivity contribution in [3.05, 3.63) is 21.9 Å². The summed E-state index contributed by atoms with van der Waals surface area (Å²) in [5.74, 6) is 0.164. The van der Waals surface area contributed by atoms with Gasteiger partial charge in [-0.15, -0.1) is 11.3 Å². The van der Waals surface area contributed by atoms with Crippen LogP contribution in [0.3, 0.4) is 0 Å². The maximum absolute atomic E-state index is 11.2. The van der Waals surface area contributed by atoms with E-state index >= 15 is 0 Å². The summed E-state index contributed by atoms with van der Waals surface area (Å²) in [5.41, 5.74) is 0.821. The van der Waals surface area contributed by atoms with E-state index in [0.29, 0.717) is 6.54 Å². The normalized spacial score (nSPS) is 10.0. The van der Waals surface area contributed by atoms with E-state index in [1.807, 2.05) is 18.4 Å². The molecule has 0 bridgehead atoms. The van der Waals surface area contributed by atoms with Crippen LogP contribution < -0.4 is 5.32 Å². The average Bonchev–Trinajstić information content (AvgIpc) is 2.36. The molecule has 0 saturated carbocycles. The monoisotopic (exact) mass is 169 g/mol. The summed E-state index contributed by atoms with van der Waals surface area (Å²) in [4.78, 5) is 12.4. The van der Waals surface area contributed by atoms with E-state index in [0.717, 1.165) is 5.56 Å². The molecule has 2 nitrogen and oxygen atoms in total. The van der Waals surface area contributed by atoms with Crippen LogP contribution in [-0.2, 0) is 0 Å². The van der Waals surface area contributed by atoms with Gasteiger partial charge in [-0.1, -0.05) is 0 Å². The zero-order valence-corrected chi connectivity index (χ0v) is 7.49. The number of hydrogen-bond acceptors (Lipinski definition) is 3. The van der Waals surface area contributed by atoms with Crippen molar-refractivity contribution in [2.24, 2.45) is 0 Å². The molecule has 0 amide bonds. The first-order chi connectivity index (χ1) is 5.24. The number of hydrogen-bond donors (Lipinski definition) is 1. The summed E-state index contributed by atoms with van der Waals surface area (Å²) in [6.45, 7) is 2.43. The fourth-order valence-corrected chi connectivity index (χ4v) is 1.56. The molecule has 1 N–H and O–H groups in total. The molecule has 1 aromatic rings. The predicted molar refractivity (Wildman–Crippen MR) is 47.3 cm³/mol. The lowest BCUT2D eigenvalue weighted by molar-refractivity contribution is 0.0994. The van der Waals surface area contributed by atoms with Gasteiger partial charge >= 0.3 is 0 Å². The Hall–Kier alpha value is -0.670. The Balaban J connectivity index is 2.69. The van der Waals surface area contributed by atoms with Crippen molar-refractivity contribution in [2.75, 3.05) is 13.6 Å². The van der Waals surface area contributed by atoms with Crippen LogP contribution in [0.1, 0.15) is 15.2 Å². The van der Waals surface area contributed by atoms with E-state index in [1.54, 1.807) is 18.4 Å². The zero-order valence-electron chi connectivity index (χ0n) is 6.68. The van der Waals surface area contributed by atoms with Gasteiger partial charge < -0.3 is 5.32 Å². The van der Waals surface area contributed by atoms with Crippen LogP contribution in [0.5, 0.6) is 0 Å². The molecule has 0 radical (unpaired) electrons. The third-order valence-electron chi connectivity index (χ3n) is 1.39. The molecule has 0 spiro atoms. The number of nitrogens with one attached hydrogen (secondary N) is 1. The van der Waals surface area contributed by atoms with E-state index < -0.39 is 0 Å². The SMILES string of the molecule is CNCC(=O)c1csc(C)c1. The molecule has 11 heavy (non-hydrogen) atoms. The number of rotatable bonds is 3. The summed E-state index contributed by atoms with van der Waals surface area (Å²) in [6.07, 6.45) is 0. The van der Waals surface area contributed by atoms with Crippen molar-refractivity contribution in [3.8, 4) is 0 Å². The van der Waals surface area contributed by atoms with Gasteiger partial charge in [0.25, 0.3) is 0 Å². The van der Waals surface area contributed by atoms with Crippen molar-refractivity contribution in [2.45, 2.75) is 6.92 Å². The Morgan fingerprint density at radius 2 is 2.45 bits per heavy atom. The molecule has 3 heteroatoms. The van der Waals surface area contributed by atoms with Crippen LogP contribution in [0, 0.1) is 6.92 Å². The van der Waals surface area contributed by atoms with Crippen LogP contribution >= 0.6 is 11.3 Å². The number of Topliss-reactive ketones (excluding diaryl/α,β-unsaturated/α-hetero) is 1. The van der Waals surface area contributed by atoms with E-state index in [1.165, 1.54) is 4.88 Å². The van der Waals surface area contributed by atoms with Gasteiger partial charge in [0.15, 0.2) is 5.78 Å². The molecule has 60 valence electrons. The van der Waals surface area contributed by atoms with Gasteiger partial charge in [-0.05, 0) is 20.0 Å². The van der Waals surface area contributed by atoms with Crippen LogP contribution in [0.4, 0.5) is 0 Å². The molecule has 0 unspecified atom stereocenters. The highest BCUT2D eigenvalue weighted by Gasteiger charge is 2.04. The summed E-state index contributed by atoms with van der Waals surface area (Å²) >= 11 is 1.61. The highest BCUT2D eigenvalue weighted by atomic mass is 32.1. The first-order valence-corrected chi connectivity index (χ1v) is 4.35. The minimum atomic E-state index is 0.164. The quantitative estimate of drug-likeness (QED) is 0.694. The Labute approximate surface area is 70.2 Å². The van der Waals surface area contributed by atoms with Crippen molar-refractivity contribution in [1.29, 1.82) is 0 Å². The number of carbonyl (C=O) groups is 1. The minimum absolute atomic E-state index is 0.164. The minimum Gasteiger partial charge on any atom is -0.313 e. The summed E-state index contributed by atoms with van der Waals surface area (Å²) in [6, 6.07) is 1.92. The first kappa shape index (κ1) is 8.43. The molecule has 0 aromatic carbocycles. The zero-order chi connectivity index (χ0) is 8.27. The Bertz CT molecular complexity index is 254. The summed E-state index contributed by atoms with van der Waals surface area (Å²) < 4.78 is 0. The van der Waals surface area contributed by atoms with Crippen LogP contribution in [0.15, 0.2) is 11.4 Å². The second-order valence-electron chi connectivity index (χ2n) is 2.40. The van der Waals surface area contributed by atoms with Crippen LogP contribution in [-0.4, -0.2) is 19.4 Å². The van der Waals surface area contributed by atoms with Crippen molar-refractivity contribution in [3.63, 3.8) is 0 Å². The van der Waals surface area contributed by atoms with Crippen LogP contribution in [0.2, 0.25) is 0 Å². The molecule has 1 aromatic heterocycles. The van der Waals surface area contributed by atoms with Gasteiger partial charge in [0.05, 0.1) is 6.54 Å². The van der Waals surface area contributed by atoms with Gasteiger partial charge in [0.2, 0.25) is 0 Å². The fourth-order valence-electron chi connectivity index (χ4n) is 0.852. The maximum Gasteiger partial charge on any atom is 0.177 e. The van der Waals surface area contributed by atoms with Gasteiger partial charge in [0, 0.05) is 15.8 Å². The Morgan fingerprint density at radius 3 is 2.91 bits per heavy atom. The second-order valence-corrected chi connectivity index (χ2v) is 3.51. The molecule has 1 rings (SSSR count). The van der Waals surface area contributed by atoms with Crippen molar-refractivity contribution < 1.29 is 4.79 Å². The molecule has 1 heterocycles. The van der Waals surface area contributed by atoms with Gasteiger partial charge in [0.1, 0.15) is 0 Å². The lowest BCUT2D eigenvalue weighted by atomic mass is 10.2. The number of ketones is 1. The average molecular weight is 169 g/mol. The lowest BCUT2D eigenvalue weighted by Gasteiger charge is -1.93. The van der Waals surface area contributed by atoms with E-state index in [-0.39, 0.29) is 5.78 Å². The van der Waals surface area contributed by atoms with E-state index in [9.17, 15) is 4.79 Å². The summed E-state index contributed by atoms with van der Waals surface area (Å²) in [7, 11) is 1.77. The maximum atomic E-state index is 11.2. The van der Waals surface area contributed by atoms with Crippen molar-refractivity contribution >= 4 is 17.1 Å². The van der Waals surface area contributed by atoms with Crippen LogP contribution in [0.25, 0.3) is 0 Å². The number of thiophene rings is 1. The fraction of sp³-hybridized carbons (Fsp3) is 0.375.